The van der Waals surface area contributed by atoms with Gasteiger partial charge in [0.05, 0.1) is 15.5 Å². The van der Waals surface area contributed by atoms with Crippen molar-refractivity contribution in [3.63, 3.8) is 0 Å². The van der Waals surface area contributed by atoms with Crippen LogP contribution in [0.15, 0.2) is 42.5 Å². The van der Waals surface area contributed by atoms with Gasteiger partial charge in [0.2, 0.25) is 5.91 Å². The summed E-state index contributed by atoms with van der Waals surface area (Å²) in [4.78, 5) is 35.6. The number of benzene rings is 2. The predicted octanol–water partition coefficient (Wildman–Crippen LogP) is 3.78. The Balaban J connectivity index is 1.78. The Kier molecular flexibility index (Phi) is 7.34. The molecule has 2 aromatic carbocycles. The van der Waals surface area contributed by atoms with Gasteiger partial charge in [0.15, 0.2) is 0 Å². The van der Waals surface area contributed by atoms with Crippen molar-refractivity contribution in [2.45, 2.75) is 12.8 Å². The first-order valence-electron chi connectivity index (χ1n) is 8.57. The lowest BCUT2D eigenvalue weighted by Crippen LogP contribution is -2.22. The number of nitrogens with zero attached hydrogens (tertiary/aromatic N) is 2. The third-order valence-corrected chi connectivity index (χ3v) is 4.19. The van der Waals surface area contributed by atoms with E-state index < -0.39 is 4.92 Å². The maximum Gasteiger partial charge on any atom is 0.269 e. The molecule has 0 atom stereocenters. The van der Waals surface area contributed by atoms with Crippen LogP contribution in [0.1, 0.15) is 23.2 Å². The van der Waals surface area contributed by atoms with Crippen molar-refractivity contribution in [1.82, 2.24) is 4.90 Å². The number of nitrogens with one attached hydrogen (secondary N) is 2. The van der Waals surface area contributed by atoms with E-state index in [4.69, 9.17) is 11.6 Å². The molecule has 0 aromatic heterocycles. The van der Waals surface area contributed by atoms with Gasteiger partial charge >= 0.3 is 0 Å². The van der Waals surface area contributed by atoms with Crippen molar-refractivity contribution in [3.05, 3.63) is 63.2 Å². The molecule has 0 bridgehead atoms. The Morgan fingerprint density at radius 3 is 2.32 bits per heavy atom. The Morgan fingerprint density at radius 1 is 1.11 bits per heavy atom. The van der Waals surface area contributed by atoms with E-state index in [0.29, 0.717) is 24.2 Å². The van der Waals surface area contributed by atoms with Crippen molar-refractivity contribution >= 4 is 40.5 Å². The number of nitro benzene ring substituents is 1. The van der Waals surface area contributed by atoms with Gasteiger partial charge in [0.25, 0.3) is 11.6 Å². The SMILES string of the molecule is CN(C)C(=O)c1ccc(NC(=O)CCCNc2ccc([N+](=O)[O-])cc2)cc1Cl. The van der Waals surface area contributed by atoms with Gasteiger partial charge in [-0.3, -0.25) is 19.7 Å². The molecular weight excluding hydrogens is 384 g/mol. The van der Waals surface area contributed by atoms with Crippen LogP contribution >= 0.6 is 11.6 Å². The summed E-state index contributed by atoms with van der Waals surface area (Å²) in [5, 5.41) is 16.7. The molecule has 8 nitrogen and oxygen atoms in total. The Hall–Kier alpha value is -3.13. The normalized spacial score (nSPS) is 10.2. The highest BCUT2D eigenvalue weighted by atomic mass is 35.5. The summed E-state index contributed by atoms with van der Waals surface area (Å²) in [6.45, 7) is 0.544. The fourth-order valence-corrected chi connectivity index (χ4v) is 2.67. The van der Waals surface area contributed by atoms with E-state index in [1.54, 1.807) is 44.4 Å². The molecule has 2 aromatic rings. The van der Waals surface area contributed by atoms with Gasteiger partial charge < -0.3 is 15.5 Å². The van der Waals surface area contributed by atoms with Crippen molar-refractivity contribution in [2.24, 2.45) is 0 Å². The summed E-state index contributed by atoms with van der Waals surface area (Å²) in [5.41, 5.74) is 1.67. The second-order valence-electron chi connectivity index (χ2n) is 6.28. The first kappa shape index (κ1) is 21.2. The van der Waals surface area contributed by atoms with Gasteiger partial charge in [-0.1, -0.05) is 11.6 Å². The number of nitro groups is 1. The number of anilines is 2. The smallest absolute Gasteiger partial charge is 0.269 e. The molecule has 0 aliphatic carbocycles. The summed E-state index contributed by atoms with van der Waals surface area (Å²) >= 11 is 6.13. The van der Waals surface area contributed by atoms with E-state index in [1.165, 1.54) is 17.0 Å². The summed E-state index contributed by atoms with van der Waals surface area (Å²) < 4.78 is 0. The molecule has 28 heavy (non-hydrogen) atoms. The molecular formula is C19H21ClN4O4. The first-order chi connectivity index (χ1) is 13.3. The van der Waals surface area contributed by atoms with Crippen LogP contribution in [-0.2, 0) is 4.79 Å². The minimum Gasteiger partial charge on any atom is -0.385 e. The number of hydrogen-bond donors (Lipinski definition) is 2. The maximum atomic E-state index is 12.0. The number of non-ortho nitro benzene ring substituents is 1. The molecule has 0 heterocycles. The largest absolute Gasteiger partial charge is 0.385 e. The van der Waals surface area contributed by atoms with Gasteiger partial charge in [-0.05, 0) is 36.8 Å². The van der Waals surface area contributed by atoms with Gasteiger partial charge in [-0.25, -0.2) is 0 Å². The summed E-state index contributed by atoms with van der Waals surface area (Å²) in [6, 6.07) is 10.8. The maximum absolute atomic E-state index is 12.0. The lowest BCUT2D eigenvalue weighted by Gasteiger charge is -2.13. The fraction of sp³-hybridized carbons (Fsp3) is 0.263. The summed E-state index contributed by atoms with van der Waals surface area (Å²) in [6.07, 6.45) is 0.865. The summed E-state index contributed by atoms with van der Waals surface area (Å²) in [7, 11) is 3.28. The van der Waals surface area contributed by atoms with Crippen LogP contribution in [0.4, 0.5) is 17.1 Å². The topological polar surface area (TPSA) is 105 Å². The number of rotatable bonds is 8. The van der Waals surface area contributed by atoms with E-state index in [-0.39, 0.29) is 28.9 Å². The summed E-state index contributed by atoms with van der Waals surface area (Å²) in [5.74, 6) is -0.381. The Morgan fingerprint density at radius 2 is 1.75 bits per heavy atom. The molecule has 0 unspecified atom stereocenters. The van der Waals surface area contributed by atoms with Crippen LogP contribution in [-0.4, -0.2) is 42.3 Å². The second-order valence-corrected chi connectivity index (χ2v) is 6.68. The van der Waals surface area contributed by atoms with Crippen molar-refractivity contribution in [1.29, 1.82) is 0 Å². The Bertz CT molecular complexity index is 869. The fourth-order valence-electron chi connectivity index (χ4n) is 2.41. The third kappa shape index (κ3) is 5.95. The van der Waals surface area contributed by atoms with Crippen LogP contribution in [0, 0.1) is 10.1 Å². The minimum absolute atomic E-state index is 0.0295. The second kappa shape index (κ2) is 9.70. The van der Waals surface area contributed by atoms with Gasteiger partial charge in [0, 0.05) is 50.6 Å². The molecule has 2 N–H and O–H groups in total. The van der Waals surface area contributed by atoms with Crippen LogP contribution in [0.2, 0.25) is 5.02 Å². The molecule has 0 saturated heterocycles. The van der Waals surface area contributed by atoms with Crippen LogP contribution in [0.25, 0.3) is 0 Å². The highest BCUT2D eigenvalue weighted by Gasteiger charge is 2.13. The van der Waals surface area contributed by atoms with Crippen LogP contribution in [0.5, 0.6) is 0 Å². The molecule has 0 spiro atoms. The van der Waals surface area contributed by atoms with Gasteiger partial charge in [0.1, 0.15) is 0 Å². The number of carbonyl (C=O) groups excluding carboxylic acids is 2. The number of carbonyl (C=O) groups is 2. The van der Waals surface area contributed by atoms with E-state index in [9.17, 15) is 19.7 Å². The average molecular weight is 405 g/mol. The van der Waals surface area contributed by atoms with E-state index in [1.807, 2.05) is 0 Å². The van der Waals surface area contributed by atoms with E-state index >= 15 is 0 Å². The van der Waals surface area contributed by atoms with Crippen molar-refractivity contribution in [3.8, 4) is 0 Å². The molecule has 0 aliphatic rings. The zero-order valence-electron chi connectivity index (χ0n) is 15.6. The highest BCUT2D eigenvalue weighted by molar-refractivity contribution is 6.34. The number of amides is 2. The predicted molar refractivity (Wildman–Crippen MR) is 109 cm³/mol. The average Bonchev–Trinajstić information content (AvgIpc) is 2.65. The van der Waals surface area contributed by atoms with E-state index in [2.05, 4.69) is 10.6 Å². The zero-order valence-corrected chi connectivity index (χ0v) is 16.3. The van der Waals surface area contributed by atoms with Crippen LogP contribution in [0.3, 0.4) is 0 Å². The van der Waals surface area contributed by atoms with Crippen molar-refractivity contribution < 1.29 is 14.5 Å². The standard InChI is InChI=1S/C19H21ClN4O4/c1-23(2)19(26)16-10-7-14(12-17(16)20)22-18(25)4-3-11-21-13-5-8-15(9-6-13)24(27)28/h5-10,12,21H,3-4,11H2,1-2H3,(H,22,25). The zero-order chi connectivity index (χ0) is 20.7. The molecule has 148 valence electrons. The van der Waals surface area contributed by atoms with Crippen LogP contribution < -0.4 is 10.6 Å². The van der Waals surface area contributed by atoms with Gasteiger partial charge in [-0.15, -0.1) is 0 Å². The molecule has 0 saturated carbocycles. The quantitative estimate of drug-likeness (QED) is 0.395. The monoisotopic (exact) mass is 404 g/mol. The lowest BCUT2D eigenvalue weighted by atomic mass is 10.1. The number of halogens is 1. The van der Waals surface area contributed by atoms with Gasteiger partial charge in [-0.2, -0.15) is 0 Å². The molecule has 2 rings (SSSR count). The lowest BCUT2D eigenvalue weighted by molar-refractivity contribution is -0.384. The van der Waals surface area contributed by atoms with E-state index in [0.717, 1.165) is 5.69 Å². The molecule has 0 radical (unpaired) electrons. The molecule has 9 heteroatoms. The third-order valence-electron chi connectivity index (χ3n) is 3.88. The highest BCUT2D eigenvalue weighted by Crippen LogP contribution is 2.22. The first-order valence-corrected chi connectivity index (χ1v) is 8.95. The molecule has 0 aliphatic heterocycles. The Labute approximate surface area is 167 Å². The number of hydrogen-bond acceptors (Lipinski definition) is 5. The van der Waals surface area contributed by atoms with Crippen molar-refractivity contribution in [2.75, 3.05) is 31.3 Å². The molecule has 0 fully saturated rings. The molecule has 2 amide bonds. The minimum atomic E-state index is -0.455.